The van der Waals surface area contributed by atoms with Gasteiger partial charge in [0.25, 0.3) is 0 Å². The van der Waals surface area contributed by atoms with Crippen molar-refractivity contribution in [2.45, 2.75) is 19.3 Å². The number of benzene rings is 8. The summed E-state index contributed by atoms with van der Waals surface area (Å²) < 4.78 is 11.2. The zero-order valence-electron chi connectivity index (χ0n) is 30.0. The van der Waals surface area contributed by atoms with E-state index in [1.165, 1.54) is 82.7 Å². The molecule has 12 rings (SSSR count). The molecule has 0 atom stereocenters. The van der Waals surface area contributed by atoms with Crippen LogP contribution >= 0.6 is 0 Å². The molecule has 0 saturated heterocycles. The molecule has 54 heavy (non-hydrogen) atoms. The van der Waals surface area contributed by atoms with Crippen LogP contribution in [0.2, 0.25) is 0 Å². The molecule has 0 spiro atoms. The van der Waals surface area contributed by atoms with Crippen molar-refractivity contribution in [1.29, 1.82) is 0 Å². The van der Waals surface area contributed by atoms with Gasteiger partial charge in [0.2, 0.25) is 0 Å². The highest BCUT2D eigenvalue weighted by atomic mass is 16.3. The van der Waals surface area contributed by atoms with Crippen LogP contribution in [0.25, 0.3) is 99.2 Å². The average Bonchev–Trinajstić information content (AvgIpc) is 3.93. The third-order valence-corrected chi connectivity index (χ3v) is 12.1. The maximum Gasteiger partial charge on any atom is 0.135 e. The minimum Gasteiger partial charge on any atom is -0.456 e. The fourth-order valence-corrected chi connectivity index (χ4v) is 9.78. The smallest absolute Gasteiger partial charge is 0.135 e. The van der Waals surface area contributed by atoms with E-state index in [0.717, 1.165) is 27.6 Å². The Labute approximate surface area is 311 Å². The summed E-state index contributed by atoms with van der Waals surface area (Å²) in [6, 6.07) is 61.9. The number of para-hydroxylation sites is 4. The summed E-state index contributed by atoms with van der Waals surface area (Å²) in [6.07, 6.45) is 0. The second-order valence-corrected chi connectivity index (χ2v) is 15.3. The van der Waals surface area contributed by atoms with E-state index in [0.29, 0.717) is 0 Å². The third-order valence-electron chi connectivity index (χ3n) is 12.1. The lowest BCUT2D eigenvalue weighted by atomic mass is 9.80. The van der Waals surface area contributed by atoms with Crippen LogP contribution in [0, 0.1) is 0 Å². The predicted molar refractivity (Wildman–Crippen MR) is 225 cm³/mol. The minimum absolute atomic E-state index is 0.217. The lowest BCUT2D eigenvalue weighted by Crippen LogP contribution is -2.15. The number of nitrogens with zero attached hydrogens (tertiary/aromatic N) is 2. The van der Waals surface area contributed by atoms with Crippen molar-refractivity contribution in [2.24, 2.45) is 0 Å². The first-order valence-corrected chi connectivity index (χ1v) is 18.8. The molecule has 0 saturated carbocycles. The first-order valence-electron chi connectivity index (χ1n) is 18.8. The molecule has 254 valence electrons. The third kappa shape index (κ3) is 3.80. The second-order valence-electron chi connectivity index (χ2n) is 15.3. The van der Waals surface area contributed by atoms with Crippen molar-refractivity contribution in [1.82, 2.24) is 9.13 Å². The fraction of sp³-hybridized carbons (Fsp3) is 0.0588. The van der Waals surface area contributed by atoms with Crippen molar-refractivity contribution in [3.05, 3.63) is 181 Å². The van der Waals surface area contributed by atoms with E-state index in [1.54, 1.807) is 0 Å². The number of hydrogen-bond acceptors (Lipinski definition) is 1. The Balaban J connectivity index is 1.21. The van der Waals surface area contributed by atoms with Crippen LogP contribution in [-0.2, 0) is 5.41 Å². The molecule has 1 aliphatic rings. The van der Waals surface area contributed by atoms with Gasteiger partial charge in [0.05, 0.1) is 22.1 Å². The quantitative estimate of drug-likeness (QED) is 0.181. The Kier molecular flexibility index (Phi) is 5.84. The van der Waals surface area contributed by atoms with Crippen molar-refractivity contribution in [3.8, 4) is 33.6 Å². The molecule has 0 amide bonds. The van der Waals surface area contributed by atoms with Crippen LogP contribution in [0.4, 0.5) is 0 Å². The van der Waals surface area contributed by atoms with Gasteiger partial charge in [0, 0.05) is 54.7 Å². The van der Waals surface area contributed by atoms with Gasteiger partial charge in [-0.25, -0.2) is 0 Å². The summed E-state index contributed by atoms with van der Waals surface area (Å²) in [6.45, 7) is 4.83. The van der Waals surface area contributed by atoms with Gasteiger partial charge in [0.1, 0.15) is 11.2 Å². The Morgan fingerprint density at radius 3 is 1.80 bits per heavy atom. The van der Waals surface area contributed by atoms with Crippen molar-refractivity contribution in [3.63, 3.8) is 0 Å². The topological polar surface area (TPSA) is 23.0 Å². The van der Waals surface area contributed by atoms with Gasteiger partial charge in [-0.2, -0.15) is 0 Å². The number of hydrogen-bond donors (Lipinski definition) is 0. The van der Waals surface area contributed by atoms with Crippen LogP contribution in [0.1, 0.15) is 25.0 Å². The van der Waals surface area contributed by atoms with E-state index in [9.17, 15) is 0 Å². The van der Waals surface area contributed by atoms with Crippen LogP contribution in [0.15, 0.2) is 174 Å². The van der Waals surface area contributed by atoms with E-state index in [2.05, 4.69) is 181 Å². The largest absolute Gasteiger partial charge is 0.456 e. The highest BCUT2D eigenvalue weighted by molar-refractivity contribution is 6.31. The van der Waals surface area contributed by atoms with Gasteiger partial charge < -0.3 is 13.6 Å². The predicted octanol–water partition coefficient (Wildman–Crippen LogP) is 13.8. The monoisotopic (exact) mass is 690 g/mol. The molecule has 11 aromatic rings. The van der Waals surface area contributed by atoms with Gasteiger partial charge in [-0.3, -0.25) is 0 Å². The average molecular weight is 691 g/mol. The maximum atomic E-state index is 6.15. The molecule has 3 nitrogen and oxygen atoms in total. The molecule has 0 unspecified atom stereocenters. The summed E-state index contributed by atoms with van der Waals surface area (Å²) in [5, 5.41) is 7.46. The van der Waals surface area contributed by atoms with Gasteiger partial charge in [-0.15, -0.1) is 0 Å². The molecule has 0 bridgehead atoms. The Morgan fingerprint density at radius 1 is 0.444 bits per heavy atom. The Morgan fingerprint density at radius 2 is 1.02 bits per heavy atom. The van der Waals surface area contributed by atoms with E-state index in [1.807, 2.05) is 12.1 Å². The SMILES string of the molecule is CC1(C)c2ccccc2-c2c1c1c3ccccc3n(-c3ccccc3)c1c1c3ccccc3n(-c3ccc(-c4ccc5oc6ccccc6c5c4)cc3)c21. The lowest BCUT2D eigenvalue weighted by Gasteiger charge is -2.23. The molecule has 1 aliphatic carbocycles. The summed E-state index contributed by atoms with van der Waals surface area (Å²) in [4.78, 5) is 0. The molecule has 8 aromatic carbocycles. The van der Waals surface area contributed by atoms with Crippen LogP contribution < -0.4 is 0 Å². The number of furan rings is 1. The van der Waals surface area contributed by atoms with Crippen molar-refractivity contribution >= 4 is 65.6 Å². The van der Waals surface area contributed by atoms with E-state index in [-0.39, 0.29) is 5.41 Å². The first-order chi connectivity index (χ1) is 26.6. The van der Waals surface area contributed by atoms with Gasteiger partial charge in [-0.05, 0) is 82.4 Å². The van der Waals surface area contributed by atoms with Crippen molar-refractivity contribution in [2.75, 3.05) is 0 Å². The van der Waals surface area contributed by atoms with Crippen LogP contribution in [0.5, 0.6) is 0 Å². The Bertz CT molecular complexity index is 3340. The lowest BCUT2D eigenvalue weighted by molar-refractivity contribution is 0.667. The van der Waals surface area contributed by atoms with Gasteiger partial charge in [0.15, 0.2) is 0 Å². The summed E-state index contributed by atoms with van der Waals surface area (Å²) in [7, 11) is 0. The van der Waals surface area contributed by atoms with Gasteiger partial charge >= 0.3 is 0 Å². The van der Waals surface area contributed by atoms with Crippen LogP contribution in [-0.4, -0.2) is 9.13 Å². The highest BCUT2D eigenvalue weighted by Crippen LogP contribution is 2.58. The zero-order chi connectivity index (χ0) is 35.7. The number of aromatic nitrogens is 2. The maximum absolute atomic E-state index is 6.15. The molecular weight excluding hydrogens is 657 g/mol. The first kappa shape index (κ1) is 29.7. The number of fused-ring (bicyclic) bond motifs is 15. The van der Waals surface area contributed by atoms with Crippen LogP contribution in [0.3, 0.4) is 0 Å². The van der Waals surface area contributed by atoms with Crippen molar-refractivity contribution < 1.29 is 4.42 Å². The zero-order valence-corrected chi connectivity index (χ0v) is 30.0. The summed E-state index contributed by atoms with van der Waals surface area (Å²) in [5.41, 5.74) is 16.7. The molecule has 3 aromatic heterocycles. The summed E-state index contributed by atoms with van der Waals surface area (Å²) in [5.74, 6) is 0. The highest BCUT2D eigenvalue weighted by Gasteiger charge is 2.41. The fourth-order valence-electron chi connectivity index (χ4n) is 9.78. The molecule has 3 heterocycles. The standard InChI is InChI=1S/C51H34N2O/c1-51(2)40-20-10-6-17-36(40)45-48(51)46-37-18-7-11-21-41(37)52(33-14-4-3-5-15-33)50(46)47-38-19-8-12-22-42(38)53(49(45)47)34-27-24-31(25-28-34)32-26-29-44-39(30-32)35-16-9-13-23-43(35)54-44/h3-30H,1-2H3. The Hall–Kier alpha value is -6.84. The molecule has 0 aliphatic heterocycles. The van der Waals surface area contributed by atoms with Gasteiger partial charge in [-0.1, -0.05) is 129 Å². The molecule has 0 radical (unpaired) electrons. The molecular formula is C51H34N2O. The minimum atomic E-state index is -0.217. The molecule has 3 heteroatoms. The second kappa shape index (κ2) is 10.6. The summed E-state index contributed by atoms with van der Waals surface area (Å²) >= 11 is 0. The molecule has 0 fully saturated rings. The molecule has 0 N–H and O–H groups in total. The van der Waals surface area contributed by atoms with E-state index >= 15 is 0 Å². The normalized spacial score (nSPS) is 13.5. The van der Waals surface area contributed by atoms with E-state index < -0.39 is 0 Å². The van der Waals surface area contributed by atoms with E-state index in [4.69, 9.17) is 4.42 Å². The number of rotatable bonds is 3.